The zero-order valence-corrected chi connectivity index (χ0v) is 18.3. The Bertz CT molecular complexity index is 1010. The molecule has 2 amide bonds. The number of carbonyl (C=O) groups is 2. The van der Waals surface area contributed by atoms with Crippen LogP contribution in [0.5, 0.6) is 5.75 Å². The van der Waals surface area contributed by atoms with Crippen LogP contribution in [0.15, 0.2) is 36.4 Å². The van der Waals surface area contributed by atoms with E-state index < -0.39 is 38.5 Å². The van der Waals surface area contributed by atoms with E-state index in [0.29, 0.717) is 16.3 Å². The van der Waals surface area contributed by atoms with Gasteiger partial charge in [-0.2, -0.15) is 8.78 Å². The van der Waals surface area contributed by atoms with Crippen molar-refractivity contribution in [2.45, 2.75) is 38.7 Å². The Morgan fingerprint density at radius 1 is 1.19 bits per heavy atom. The van der Waals surface area contributed by atoms with E-state index in [1.54, 1.807) is 12.1 Å². The van der Waals surface area contributed by atoms with Gasteiger partial charge in [-0.25, -0.2) is 9.18 Å². The van der Waals surface area contributed by atoms with Gasteiger partial charge < -0.3 is 15.2 Å². The largest absolute Gasteiger partial charge is 0.465 e. The van der Waals surface area contributed by atoms with Crippen molar-refractivity contribution in [2.75, 3.05) is 11.9 Å². The van der Waals surface area contributed by atoms with E-state index >= 15 is 0 Å². The predicted molar refractivity (Wildman–Crippen MR) is 112 cm³/mol. The molecule has 0 aliphatic carbocycles. The normalized spacial score (nSPS) is 16.1. The van der Waals surface area contributed by atoms with Crippen LogP contribution in [0.3, 0.4) is 0 Å². The van der Waals surface area contributed by atoms with Crippen molar-refractivity contribution in [1.82, 2.24) is 4.90 Å². The van der Waals surface area contributed by atoms with Crippen LogP contribution >= 0.6 is 0 Å². The number of halogens is 3. The number of rotatable bonds is 5. The molecule has 2 N–H and O–H groups in total. The van der Waals surface area contributed by atoms with Gasteiger partial charge in [-0.3, -0.25) is 9.69 Å². The smallest absolute Gasteiger partial charge is 0.408 e. The van der Waals surface area contributed by atoms with Crippen LogP contribution < -0.4 is 15.2 Å². The van der Waals surface area contributed by atoms with Crippen LogP contribution in [-0.2, 0) is 11.2 Å². The van der Waals surface area contributed by atoms with Crippen LogP contribution in [0, 0.1) is 5.82 Å². The minimum absolute atomic E-state index is 0.00146. The lowest BCUT2D eigenvalue weighted by atomic mass is 9.92. The molecule has 31 heavy (non-hydrogen) atoms. The Balaban J connectivity index is 1.91. The number of carboxylic acid groups (broad SMARTS) is 1. The number of hydrogen-bond donors (Lipinski definition) is 2. The van der Waals surface area contributed by atoms with Gasteiger partial charge in [0.05, 0.1) is 8.07 Å². The number of anilines is 1. The highest BCUT2D eigenvalue weighted by Crippen LogP contribution is 2.33. The number of ether oxygens (including phenoxy) is 1. The minimum Gasteiger partial charge on any atom is -0.465 e. The molecule has 1 atom stereocenters. The first kappa shape index (κ1) is 22.7. The van der Waals surface area contributed by atoms with Gasteiger partial charge in [0.2, 0.25) is 0 Å². The number of fused-ring (bicyclic) bond motifs is 1. The summed E-state index contributed by atoms with van der Waals surface area (Å²) in [6, 6.07) is 7.28. The zero-order chi connectivity index (χ0) is 22.9. The van der Waals surface area contributed by atoms with Gasteiger partial charge in [0.15, 0.2) is 0 Å². The van der Waals surface area contributed by atoms with E-state index in [0.717, 1.165) is 4.90 Å². The molecule has 1 aliphatic rings. The number of carbonyl (C=O) groups excluding carboxylic acids is 1. The minimum atomic E-state index is -3.00. The van der Waals surface area contributed by atoms with Gasteiger partial charge in [-0.1, -0.05) is 31.8 Å². The fraction of sp³-hybridized carbons (Fsp3) is 0.333. The third-order valence-corrected chi connectivity index (χ3v) is 7.13. The first-order valence-corrected chi connectivity index (χ1v) is 13.2. The fourth-order valence-electron chi connectivity index (χ4n) is 3.68. The summed E-state index contributed by atoms with van der Waals surface area (Å²) in [5.41, 5.74) is 1.11. The van der Waals surface area contributed by atoms with Crippen LogP contribution in [0.1, 0.15) is 17.2 Å². The van der Waals surface area contributed by atoms with Crippen molar-refractivity contribution in [3.63, 3.8) is 0 Å². The second kappa shape index (κ2) is 8.62. The number of nitrogens with one attached hydrogen (secondary N) is 1. The van der Waals surface area contributed by atoms with E-state index in [1.165, 1.54) is 24.3 Å². The van der Waals surface area contributed by atoms with Gasteiger partial charge in [0.1, 0.15) is 17.6 Å². The molecule has 2 aromatic rings. The second-order valence-electron chi connectivity index (χ2n) is 8.30. The molecule has 166 valence electrons. The van der Waals surface area contributed by atoms with E-state index in [9.17, 15) is 27.9 Å². The Morgan fingerprint density at radius 2 is 1.90 bits per heavy atom. The molecule has 1 aliphatic heterocycles. The lowest BCUT2D eigenvalue weighted by Crippen LogP contribution is -2.45. The maximum Gasteiger partial charge on any atom is 0.408 e. The number of nitrogens with zero attached hydrogens (tertiary/aromatic N) is 1. The van der Waals surface area contributed by atoms with Crippen molar-refractivity contribution in [2.24, 2.45) is 0 Å². The summed E-state index contributed by atoms with van der Waals surface area (Å²) in [5.74, 6) is -1.16. The zero-order valence-electron chi connectivity index (χ0n) is 17.3. The third kappa shape index (κ3) is 5.01. The van der Waals surface area contributed by atoms with Crippen LogP contribution in [0.2, 0.25) is 19.6 Å². The third-order valence-electron chi connectivity index (χ3n) is 5.11. The van der Waals surface area contributed by atoms with Crippen molar-refractivity contribution in [3.05, 3.63) is 53.3 Å². The standard InChI is InChI=1S/C21H23F3N2O4Si/c1-31(2,3)17-7-4-13(11-16(17)22)25-19(27)18-15-6-5-14(30-20(23)24)10-12(15)8-9-26(18)21(28)29/h4-7,10-11,18,20H,8-9H2,1-3H3,(H,25,27)(H,28,29)/t18-/m1/s1. The number of hydrogen-bond acceptors (Lipinski definition) is 3. The molecule has 0 bridgehead atoms. The Hall–Kier alpha value is -3.01. The van der Waals surface area contributed by atoms with Crippen molar-refractivity contribution in [1.29, 1.82) is 0 Å². The Kier molecular flexibility index (Phi) is 6.30. The number of benzene rings is 2. The Morgan fingerprint density at radius 3 is 2.48 bits per heavy atom. The van der Waals surface area contributed by atoms with E-state index in [4.69, 9.17) is 0 Å². The van der Waals surface area contributed by atoms with E-state index in [1.807, 2.05) is 19.6 Å². The summed E-state index contributed by atoms with van der Waals surface area (Å²) in [6.07, 6.45) is -1.05. The summed E-state index contributed by atoms with van der Waals surface area (Å²) >= 11 is 0. The van der Waals surface area contributed by atoms with Crippen molar-refractivity contribution < 1.29 is 32.6 Å². The molecule has 0 saturated carbocycles. The number of alkyl halides is 2. The molecule has 0 fully saturated rings. The van der Waals surface area contributed by atoms with Crippen molar-refractivity contribution >= 4 is 30.9 Å². The lowest BCUT2D eigenvalue weighted by Gasteiger charge is -2.34. The molecular weight excluding hydrogens is 429 g/mol. The molecule has 0 radical (unpaired) electrons. The summed E-state index contributed by atoms with van der Waals surface area (Å²) in [6.45, 7) is 3.00. The molecule has 1 heterocycles. The molecular formula is C21H23F3N2O4Si. The van der Waals surface area contributed by atoms with E-state index in [2.05, 4.69) is 10.1 Å². The summed E-state index contributed by atoms with van der Waals surface area (Å²) in [4.78, 5) is 25.7. The highest BCUT2D eigenvalue weighted by Gasteiger charge is 2.36. The van der Waals surface area contributed by atoms with Crippen LogP contribution in [-0.4, -0.2) is 43.2 Å². The number of amides is 2. The van der Waals surface area contributed by atoms with Crippen LogP contribution in [0.4, 0.5) is 23.7 Å². The quantitative estimate of drug-likeness (QED) is 0.667. The van der Waals surface area contributed by atoms with Gasteiger partial charge >= 0.3 is 12.7 Å². The summed E-state index contributed by atoms with van der Waals surface area (Å²) < 4.78 is 43.9. The SMILES string of the molecule is C[Si](C)(C)c1ccc(NC(=O)[C@H]2c3ccc(OC(F)F)cc3CCN2C(=O)O)cc1F. The molecule has 2 aromatic carbocycles. The topological polar surface area (TPSA) is 78.9 Å². The van der Waals surface area contributed by atoms with Crippen LogP contribution in [0.25, 0.3) is 0 Å². The monoisotopic (exact) mass is 452 g/mol. The summed E-state index contributed by atoms with van der Waals surface area (Å²) in [5, 5.41) is 12.8. The molecule has 10 heteroatoms. The highest BCUT2D eigenvalue weighted by atomic mass is 28.3. The molecule has 3 rings (SSSR count). The maximum atomic E-state index is 14.5. The predicted octanol–water partition coefficient (Wildman–Crippen LogP) is 4.19. The van der Waals surface area contributed by atoms with Gasteiger partial charge in [-0.15, -0.1) is 0 Å². The summed E-state index contributed by atoms with van der Waals surface area (Å²) in [7, 11) is -1.90. The molecule has 0 saturated heterocycles. The average molecular weight is 453 g/mol. The highest BCUT2D eigenvalue weighted by molar-refractivity contribution is 6.88. The molecule has 0 unspecified atom stereocenters. The average Bonchev–Trinajstić information content (AvgIpc) is 2.65. The molecule has 6 nitrogen and oxygen atoms in total. The Labute approximate surface area is 178 Å². The molecule has 0 aromatic heterocycles. The first-order valence-electron chi connectivity index (χ1n) is 9.65. The van der Waals surface area contributed by atoms with Gasteiger partial charge in [-0.05, 0) is 47.0 Å². The van der Waals surface area contributed by atoms with Gasteiger partial charge in [0.25, 0.3) is 5.91 Å². The molecule has 0 spiro atoms. The second-order valence-corrected chi connectivity index (χ2v) is 13.3. The van der Waals surface area contributed by atoms with Gasteiger partial charge in [0, 0.05) is 12.2 Å². The maximum absolute atomic E-state index is 14.5. The first-order chi connectivity index (χ1) is 14.5. The fourth-order valence-corrected chi connectivity index (χ4v) is 5.05. The lowest BCUT2D eigenvalue weighted by molar-refractivity contribution is -0.121. The van der Waals surface area contributed by atoms with Crippen molar-refractivity contribution in [3.8, 4) is 5.75 Å². The van der Waals surface area contributed by atoms with E-state index in [-0.39, 0.29) is 24.4 Å².